The molecule has 4 aromatic rings. The summed E-state index contributed by atoms with van der Waals surface area (Å²) in [5.41, 5.74) is 2.93. The molecule has 0 unspecified atom stereocenters. The Labute approximate surface area is 114 Å². The zero-order valence-corrected chi connectivity index (χ0v) is 10.8. The molecule has 0 saturated heterocycles. The van der Waals surface area contributed by atoms with Crippen LogP contribution in [-0.4, -0.2) is 19.2 Å². The molecule has 19 heavy (non-hydrogen) atoms. The van der Waals surface area contributed by atoms with E-state index in [4.69, 9.17) is 0 Å². The predicted molar refractivity (Wildman–Crippen MR) is 77.1 cm³/mol. The number of fused-ring (bicyclic) bond motifs is 3. The van der Waals surface area contributed by atoms with Gasteiger partial charge >= 0.3 is 0 Å². The Morgan fingerprint density at radius 2 is 1.84 bits per heavy atom. The van der Waals surface area contributed by atoms with Gasteiger partial charge in [-0.15, -0.1) is 12.6 Å². The van der Waals surface area contributed by atoms with Crippen molar-refractivity contribution in [3.8, 4) is 5.69 Å². The van der Waals surface area contributed by atoms with Gasteiger partial charge in [-0.3, -0.25) is 4.40 Å². The van der Waals surface area contributed by atoms with Crippen molar-refractivity contribution < 1.29 is 0 Å². The molecule has 0 atom stereocenters. The van der Waals surface area contributed by atoms with Crippen LogP contribution in [0.4, 0.5) is 0 Å². The fraction of sp³-hybridized carbons (Fsp3) is 0. The summed E-state index contributed by atoms with van der Waals surface area (Å²) in [4.78, 5) is 4.49. The summed E-state index contributed by atoms with van der Waals surface area (Å²) in [7, 11) is 0. The number of thiol groups is 1. The zero-order chi connectivity index (χ0) is 12.8. The third-order valence-electron chi connectivity index (χ3n) is 3.21. The standard InChI is InChI=1S/C14H10N4S/c19-13-7-6-12-11-8-16-18(10-4-2-1-3-5-10)14(11)15-9-17(12)13/h1-9,19H. The molecule has 0 amide bonds. The molecule has 0 aliphatic carbocycles. The lowest BCUT2D eigenvalue weighted by molar-refractivity contribution is 0.890. The summed E-state index contributed by atoms with van der Waals surface area (Å²) in [6.07, 6.45) is 3.62. The molecule has 4 nitrogen and oxygen atoms in total. The van der Waals surface area contributed by atoms with Crippen LogP contribution >= 0.6 is 12.6 Å². The summed E-state index contributed by atoms with van der Waals surface area (Å²) in [5.74, 6) is 0. The SMILES string of the molecule is Sc1ccc2c3cnn(-c4ccccc4)c3ncn12. The second-order valence-corrected chi connectivity index (χ2v) is 4.78. The van der Waals surface area contributed by atoms with Crippen molar-refractivity contribution in [2.75, 3.05) is 0 Å². The van der Waals surface area contributed by atoms with Crippen LogP contribution in [0.25, 0.3) is 22.2 Å². The highest BCUT2D eigenvalue weighted by Gasteiger charge is 2.10. The van der Waals surface area contributed by atoms with Crippen molar-refractivity contribution in [3.63, 3.8) is 0 Å². The minimum atomic E-state index is 0.852. The molecule has 0 bridgehead atoms. The van der Waals surface area contributed by atoms with E-state index < -0.39 is 0 Å². The maximum atomic E-state index is 4.49. The highest BCUT2D eigenvalue weighted by atomic mass is 32.1. The molecule has 0 aliphatic heterocycles. The third-order valence-corrected chi connectivity index (χ3v) is 3.58. The molecule has 1 aromatic carbocycles. The molecule has 0 N–H and O–H groups in total. The Morgan fingerprint density at radius 1 is 1.00 bits per heavy atom. The van der Waals surface area contributed by atoms with Gasteiger partial charge in [-0.05, 0) is 24.3 Å². The Hall–Kier alpha value is -2.27. The van der Waals surface area contributed by atoms with Gasteiger partial charge in [0, 0.05) is 0 Å². The van der Waals surface area contributed by atoms with E-state index in [0.29, 0.717) is 0 Å². The van der Waals surface area contributed by atoms with Gasteiger partial charge in [0.15, 0.2) is 5.65 Å². The summed E-state index contributed by atoms with van der Waals surface area (Å²) in [6.45, 7) is 0. The van der Waals surface area contributed by atoms with E-state index in [-0.39, 0.29) is 0 Å². The fourth-order valence-corrected chi connectivity index (χ4v) is 2.53. The van der Waals surface area contributed by atoms with E-state index in [0.717, 1.165) is 27.3 Å². The predicted octanol–water partition coefficient (Wildman–Crippen LogP) is 2.96. The van der Waals surface area contributed by atoms with Gasteiger partial charge in [-0.2, -0.15) is 5.10 Å². The zero-order valence-electron chi connectivity index (χ0n) is 9.93. The molecule has 0 fully saturated rings. The van der Waals surface area contributed by atoms with E-state index in [1.165, 1.54) is 0 Å². The largest absolute Gasteiger partial charge is 0.295 e. The molecule has 0 spiro atoms. The van der Waals surface area contributed by atoms with Gasteiger partial charge in [-0.25, -0.2) is 9.67 Å². The van der Waals surface area contributed by atoms with Gasteiger partial charge < -0.3 is 0 Å². The molecule has 0 saturated carbocycles. The summed E-state index contributed by atoms with van der Waals surface area (Å²) < 4.78 is 3.79. The summed E-state index contributed by atoms with van der Waals surface area (Å²) in [6, 6.07) is 14.0. The van der Waals surface area contributed by atoms with Crippen LogP contribution in [0.5, 0.6) is 0 Å². The maximum absolute atomic E-state index is 4.49. The van der Waals surface area contributed by atoms with E-state index in [1.807, 2.05) is 57.7 Å². The van der Waals surface area contributed by atoms with Crippen molar-refractivity contribution in [3.05, 3.63) is 55.0 Å². The Kier molecular flexibility index (Phi) is 2.16. The van der Waals surface area contributed by atoms with E-state index in [1.54, 1.807) is 6.33 Å². The molecular formula is C14H10N4S. The highest BCUT2D eigenvalue weighted by molar-refractivity contribution is 7.80. The van der Waals surface area contributed by atoms with Crippen LogP contribution in [0.15, 0.2) is 60.0 Å². The average Bonchev–Trinajstić information content (AvgIpc) is 3.03. The first-order valence-corrected chi connectivity index (χ1v) is 6.37. The van der Waals surface area contributed by atoms with Gasteiger partial charge in [0.1, 0.15) is 6.33 Å². The van der Waals surface area contributed by atoms with Crippen molar-refractivity contribution in [2.24, 2.45) is 0 Å². The number of hydrogen-bond acceptors (Lipinski definition) is 3. The van der Waals surface area contributed by atoms with E-state index in [9.17, 15) is 0 Å². The van der Waals surface area contributed by atoms with Crippen LogP contribution in [0.2, 0.25) is 0 Å². The van der Waals surface area contributed by atoms with Crippen LogP contribution in [0.1, 0.15) is 0 Å². The van der Waals surface area contributed by atoms with Crippen LogP contribution in [0.3, 0.4) is 0 Å². The average molecular weight is 266 g/mol. The quantitative estimate of drug-likeness (QED) is 0.538. The molecule has 3 aromatic heterocycles. The normalized spacial score (nSPS) is 11.4. The van der Waals surface area contributed by atoms with Crippen LogP contribution in [0, 0.1) is 0 Å². The van der Waals surface area contributed by atoms with Gasteiger partial charge in [0.05, 0.1) is 27.8 Å². The van der Waals surface area contributed by atoms with Crippen molar-refractivity contribution in [1.29, 1.82) is 0 Å². The monoisotopic (exact) mass is 266 g/mol. The number of benzene rings is 1. The second-order valence-electron chi connectivity index (χ2n) is 4.32. The first-order chi connectivity index (χ1) is 9.34. The minimum absolute atomic E-state index is 0.852. The molecular weight excluding hydrogens is 256 g/mol. The summed E-state index contributed by atoms with van der Waals surface area (Å²) >= 11 is 4.40. The van der Waals surface area contributed by atoms with E-state index in [2.05, 4.69) is 22.7 Å². The van der Waals surface area contributed by atoms with Crippen LogP contribution in [-0.2, 0) is 0 Å². The summed E-state index contributed by atoms with van der Waals surface area (Å²) in [5, 5.41) is 6.33. The van der Waals surface area contributed by atoms with Crippen molar-refractivity contribution in [1.82, 2.24) is 19.2 Å². The number of para-hydroxylation sites is 1. The second kappa shape index (κ2) is 3.86. The van der Waals surface area contributed by atoms with E-state index >= 15 is 0 Å². The van der Waals surface area contributed by atoms with Crippen molar-refractivity contribution in [2.45, 2.75) is 5.03 Å². The van der Waals surface area contributed by atoms with Crippen molar-refractivity contribution >= 4 is 29.2 Å². The smallest absolute Gasteiger partial charge is 0.166 e. The number of hydrogen-bond donors (Lipinski definition) is 1. The molecule has 4 rings (SSSR count). The lowest BCUT2D eigenvalue weighted by Crippen LogP contribution is -1.98. The third kappa shape index (κ3) is 1.48. The Morgan fingerprint density at radius 3 is 2.68 bits per heavy atom. The van der Waals surface area contributed by atoms with Crippen LogP contribution < -0.4 is 0 Å². The lowest BCUT2D eigenvalue weighted by Gasteiger charge is -2.03. The molecule has 92 valence electrons. The first kappa shape index (κ1) is 10.6. The Bertz CT molecular complexity index is 876. The minimum Gasteiger partial charge on any atom is -0.295 e. The number of nitrogens with zero attached hydrogens (tertiary/aromatic N) is 4. The maximum Gasteiger partial charge on any atom is 0.166 e. The lowest BCUT2D eigenvalue weighted by atomic mass is 10.3. The highest BCUT2D eigenvalue weighted by Crippen LogP contribution is 2.23. The van der Waals surface area contributed by atoms with Gasteiger partial charge in [0.25, 0.3) is 0 Å². The number of aromatic nitrogens is 4. The molecule has 5 heteroatoms. The van der Waals surface area contributed by atoms with Gasteiger partial charge in [-0.1, -0.05) is 18.2 Å². The Balaban J connectivity index is 2.07. The number of rotatable bonds is 1. The topological polar surface area (TPSA) is 35.1 Å². The fourth-order valence-electron chi connectivity index (χ4n) is 2.30. The first-order valence-electron chi connectivity index (χ1n) is 5.93. The molecule has 0 radical (unpaired) electrons. The van der Waals surface area contributed by atoms with Gasteiger partial charge in [0.2, 0.25) is 0 Å². The molecule has 0 aliphatic rings. The molecule has 3 heterocycles.